The number of carbonyl (C=O) groups is 1. The number of hydrogen-bond acceptors (Lipinski definition) is 1. The zero-order valence-corrected chi connectivity index (χ0v) is 13.8. The van der Waals surface area contributed by atoms with Gasteiger partial charge in [-0.2, -0.15) is 0 Å². The Bertz CT molecular complexity index is 433. The molecule has 1 aromatic rings. The third-order valence-corrected chi connectivity index (χ3v) is 4.64. The number of carbonyl (C=O) groups excluding carboxylic acids is 1. The van der Waals surface area contributed by atoms with Gasteiger partial charge in [-0.3, -0.25) is 4.79 Å². The molecule has 1 atom stereocenters. The van der Waals surface area contributed by atoms with Crippen molar-refractivity contribution < 1.29 is 4.79 Å². The first kappa shape index (κ1) is 15.0. The van der Waals surface area contributed by atoms with E-state index in [0.717, 1.165) is 0 Å². The molecule has 0 aromatic heterocycles. The molecule has 0 saturated heterocycles. The Kier molecular flexibility index (Phi) is 5.05. The van der Waals surface area contributed by atoms with Crippen LogP contribution in [0.15, 0.2) is 22.7 Å². The largest absolute Gasteiger partial charge is 0.346 e. The van der Waals surface area contributed by atoms with Gasteiger partial charge < -0.3 is 5.32 Å². The van der Waals surface area contributed by atoms with Crippen molar-refractivity contribution in [3.8, 4) is 0 Å². The fourth-order valence-corrected chi connectivity index (χ4v) is 2.11. The van der Waals surface area contributed by atoms with Crippen molar-refractivity contribution in [2.45, 2.75) is 31.1 Å². The van der Waals surface area contributed by atoms with E-state index in [1.807, 2.05) is 20.8 Å². The highest BCUT2D eigenvalue weighted by Gasteiger charge is 2.26. The minimum Gasteiger partial charge on any atom is -0.346 e. The van der Waals surface area contributed by atoms with E-state index in [2.05, 4.69) is 37.2 Å². The first-order valence-electron chi connectivity index (χ1n) is 5.15. The minimum atomic E-state index is -0.323. The van der Waals surface area contributed by atoms with Crippen LogP contribution in [0.2, 0.25) is 5.02 Å². The van der Waals surface area contributed by atoms with E-state index in [-0.39, 0.29) is 16.3 Å². The Morgan fingerprint density at radius 1 is 1.47 bits per heavy atom. The lowest BCUT2D eigenvalue weighted by molar-refractivity contribution is 0.0913. The van der Waals surface area contributed by atoms with Crippen LogP contribution in [-0.4, -0.2) is 16.3 Å². The summed E-state index contributed by atoms with van der Waals surface area (Å²) in [5.74, 6) is -0.121. The second kappa shape index (κ2) is 5.72. The first-order chi connectivity index (χ1) is 7.74. The SMILES string of the molecule is CC(Br)C(C)(C)NC(=O)c1ccc(Cl)cc1Br. The summed E-state index contributed by atoms with van der Waals surface area (Å²) in [5.41, 5.74) is 0.256. The number of benzene rings is 1. The zero-order chi connectivity index (χ0) is 13.2. The highest BCUT2D eigenvalue weighted by Crippen LogP contribution is 2.23. The molecule has 0 fully saturated rings. The molecule has 1 N–H and O–H groups in total. The molecule has 0 bridgehead atoms. The van der Waals surface area contributed by atoms with Crippen LogP contribution in [0.25, 0.3) is 0 Å². The van der Waals surface area contributed by atoms with E-state index in [4.69, 9.17) is 11.6 Å². The molecular weight excluding hydrogens is 369 g/mol. The molecule has 0 saturated carbocycles. The Labute approximate surface area is 123 Å². The summed E-state index contributed by atoms with van der Waals surface area (Å²) < 4.78 is 0.695. The predicted molar refractivity (Wildman–Crippen MR) is 79.1 cm³/mol. The predicted octanol–water partition coefficient (Wildman–Crippen LogP) is 4.39. The lowest BCUT2D eigenvalue weighted by atomic mass is 10.0. The lowest BCUT2D eigenvalue weighted by Gasteiger charge is -2.29. The van der Waals surface area contributed by atoms with Crippen molar-refractivity contribution in [3.63, 3.8) is 0 Å². The first-order valence-corrected chi connectivity index (χ1v) is 7.24. The van der Waals surface area contributed by atoms with Crippen LogP contribution in [0.1, 0.15) is 31.1 Å². The smallest absolute Gasteiger partial charge is 0.252 e. The molecule has 94 valence electrons. The average molecular weight is 384 g/mol. The van der Waals surface area contributed by atoms with Crippen LogP contribution in [0, 0.1) is 0 Å². The second-order valence-electron chi connectivity index (χ2n) is 4.42. The summed E-state index contributed by atoms with van der Waals surface area (Å²) >= 11 is 12.7. The molecular formula is C12H14Br2ClNO. The van der Waals surface area contributed by atoms with Gasteiger partial charge in [0.1, 0.15) is 0 Å². The van der Waals surface area contributed by atoms with Crippen LogP contribution in [0.5, 0.6) is 0 Å². The molecule has 1 rings (SSSR count). The minimum absolute atomic E-state index is 0.121. The maximum atomic E-state index is 12.1. The number of halogens is 3. The summed E-state index contributed by atoms with van der Waals surface area (Å²) in [7, 11) is 0. The summed E-state index contributed by atoms with van der Waals surface area (Å²) in [4.78, 5) is 12.3. The monoisotopic (exact) mass is 381 g/mol. The standard InChI is InChI=1S/C12H14Br2ClNO/c1-7(13)12(2,3)16-11(17)9-5-4-8(15)6-10(9)14/h4-7H,1-3H3,(H,16,17). The Hall–Kier alpha value is -0.0600. The number of hydrogen-bond donors (Lipinski definition) is 1. The van der Waals surface area contributed by atoms with E-state index >= 15 is 0 Å². The summed E-state index contributed by atoms with van der Waals surface area (Å²) in [6.45, 7) is 5.93. The molecule has 0 aliphatic carbocycles. The van der Waals surface area contributed by atoms with E-state index in [9.17, 15) is 4.79 Å². The van der Waals surface area contributed by atoms with Gasteiger partial charge in [-0.15, -0.1) is 0 Å². The molecule has 2 nitrogen and oxygen atoms in total. The van der Waals surface area contributed by atoms with Crippen molar-refractivity contribution in [3.05, 3.63) is 33.3 Å². The van der Waals surface area contributed by atoms with Crippen LogP contribution in [0.3, 0.4) is 0 Å². The quantitative estimate of drug-likeness (QED) is 0.771. The van der Waals surface area contributed by atoms with E-state index in [0.29, 0.717) is 15.1 Å². The number of alkyl halides is 1. The average Bonchev–Trinajstić information content (AvgIpc) is 2.15. The van der Waals surface area contributed by atoms with Gasteiger partial charge >= 0.3 is 0 Å². The van der Waals surface area contributed by atoms with Gasteiger partial charge in [0, 0.05) is 19.9 Å². The fourth-order valence-electron chi connectivity index (χ4n) is 1.13. The molecule has 0 aliphatic rings. The Morgan fingerprint density at radius 3 is 2.53 bits per heavy atom. The Balaban J connectivity index is 2.91. The highest BCUT2D eigenvalue weighted by molar-refractivity contribution is 9.10. The third-order valence-electron chi connectivity index (χ3n) is 2.61. The summed E-state index contributed by atoms with van der Waals surface area (Å²) in [5, 5.41) is 3.57. The van der Waals surface area contributed by atoms with Crippen LogP contribution in [0.4, 0.5) is 0 Å². The van der Waals surface area contributed by atoms with Crippen LogP contribution < -0.4 is 5.32 Å². The molecule has 17 heavy (non-hydrogen) atoms. The van der Waals surface area contributed by atoms with Crippen LogP contribution in [-0.2, 0) is 0 Å². The molecule has 1 unspecified atom stereocenters. The van der Waals surface area contributed by atoms with Gasteiger partial charge in [0.15, 0.2) is 0 Å². The molecule has 0 heterocycles. The summed E-state index contributed by atoms with van der Waals surface area (Å²) in [6.07, 6.45) is 0. The van der Waals surface area contributed by atoms with Crippen molar-refractivity contribution in [2.24, 2.45) is 0 Å². The van der Waals surface area contributed by atoms with Crippen molar-refractivity contribution >= 4 is 49.4 Å². The molecule has 1 aromatic carbocycles. The molecule has 0 aliphatic heterocycles. The fraction of sp³-hybridized carbons (Fsp3) is 0.417. The molecule has 0 radical (unpaired) electrons. The van der Waals surface area contributed by atoms with Gasteiger partial charge in [-0.25, -0.2) is 0 Å². The topological polar surface area (TPSA) is 29.1 Å². The van der Waals surface area contributed by atoms with E-state index in [1.54, 1.807) is 18.2 Å². The maximum absolute atomic E-state index is 12.1. The lowest BCUT2D eigenvalue weighted by Crippen LogP contribution is -2.48. The number of nitrogens with one attached hydrogen (secondary N) is 1. The van der Waals surface area contributed by atoms with Crippen molar-refractivity contribution in [2.75, 3.05) is 0 Å². The van der Waals surface area contributed by atoms with Crippen molar-refractivity contribution in [1.82, 2.24) is 5.32 Å². The maximum Gasteiger partial charge on any atom is 0.252 e. The zero-order valence-electron chi connectivity index (χ0n) is 9.85. The van der Waals surface area contributed by atoms with E-state index in [1.165, 1.54) is 0 Å². The van der Waals surface area contributed by atoms with Gasteiger partial charge in [0.2, 0.25) is 0 Å². The number of amides is 1. The molecule has 0 spiro atoms. The molecule has 1 amide bonds. The second-order valence-corrected chi connectivity index (χ2v) is 7.08. The van der Waals surface area contributed by atoms with Gasteiger partial charge in [0.05, 0.1) is 5.56 Å². The highest BCUT2D eigenvalue weighted by atomic mass is 79.9. The van der Waals surface area contributed by atoms with Gasteiger partial charge in [-0.1, -0.05) is 34.5 Å². The number of rotatable bonds is 3. The molecule has 5 heteroatoms. The normalized spacial score (nSPS) is 13.3. The van der Waals surface area contributed by atoms with Crippen LogP contribution >= 0.6 is 43.5 Å². The van der Waals surface area contributed by atoms with Gasteiger partial charge in [-0.05, 0) is 48.0 Å². The van der Waals surface area contributed by atoms with E-state index < -0.39 is 0 Å². The van der Waals surface area contributed by atoms with Crippen molar-refractivity contribution in [1.29, 1.82) is 0 Å². The Morgan fingerprint density at radius 2 is 2.06 bits per heavy atom. The van der Waals surface area contributed by atoms with Gasteiger partial charge in [0.25, 0.3) is 5.91 Å². The summed E-state index contributed by atoms with van der Waals surface area (Å²) in [6, 6.07) is 5.11. The third kappa shape index (κ3) is 3.97.